The molecule has 0 atom stereocenters. The summed E-state index contributed by atoms with van der Waals surface area (Å²) >= 11 is 0. The van der Waals surface area contributed by atoms with Gasteiger partial charge in [-0.25, -0.2) is 0 Å². The Hall–Kier alpha value is -2.29. The molecule has 2 aromatic carbocycles. The minimum atomic E-state index is -0.0575. The summed E-state index contributed by atoms with van der Waals surface area (Å²) in [5, 5.41) is 5.98. The first-order valence-corrected chi connectivity index (χ1v) is 6.89. The molecule has 1 amide bonds. The van der Waals surface area contributed by atoms with Crippen molar-refractivity contribution in [3.8, 4) is 0 Å². The lowest BCUT2D eigenvalue weighted by Gasteiger charge is -2.08. The van der Waals surface area contributed by atoms with Gasteiger partial charge in [-0.1, -0.05) is 36.4 Å². The summed E-state index contributed by atoms with van der Waals surface area (Å²) in [4.78, 5) is 11.5. The van der Waals surface area contributed by atoms with Crippen LogP contribution in [0.3, 0.4) is 0 Å². The average molecular weight is 268 g/mol. The molecule has 0 unspecified atom stereocenters. The molecule has 0 radical (unpaired) electrons. The molecule has 0 saturated carbocycles. The van der Waals surface area contributed by atoms with Crippen LogP contribution in [-0.4, -0.2) is 19.5 Å². The molecular formula is C17H20N2O. The molecule has 0 aliphatic carbocycles. The van der Waals surface area contributed by atoms with Crippen LogP contribution in [0.2, 0.25) is 0 Å². The predicted molar refractivity (Wildman–Crippen MR) is 83.1 cm³/mol. The highest BCUT2D eigenvalue weighted by Crippen LogP contribution is 2.11. The summed E-state index contributed by atoms with van der Waals surface area (Å²) in [5.41, 5.74) is 3.02. The van der Waals surface area contributed by atoms with Crippen molar-refractivity contribution < 1.29 is 4.79 Å². The smallest absolute Gasteiger partial charge is 0.251 e. The number of aryl methyl sites for hydroxylation is 1. The Morgan fingerprint density at radius 1 is 1.05 bits per heavy atom. The number of anilines is 1. The van der Waals surface area contributed by atoms with Gasteiger partial charge < -0.3 is 10.6 Å². The lowest BCUT2D eigenvalue weighted by molar-refractivity contribution is 0.0963. The molecule has 0 heterocycles. The normalized spacial score (nSPS) is 10.1. The van der Waals surface area contributed by atoms with Crippen LogP contribution in [-0.2, 0) is 6.42 Å². The predicted octanol–water partition coefficient (Wildman–Crippen LogP) is 3.09. The highest BCUT2D eigenvalue weighted by Gasteiger charge is 2.02. The van der Waals surface area contributed by atoms with Crippen LogP contribution in [0.25, 0.3) is 0 Å². The van der Waals surface area contributed by atoms with Crippen molar-refractivity contribution in [2.45, 2.75) is 12.8 Å². The van der Waals surface area contributed by atoms with Crippen LogP contribution in [0.15, 0.2) is 54.6 Å². The van der Waals surface area contributed by atoms with E-state index in [1.54, 1.807) is 7.05 Å². The van der Waals surface area contributed by atoms with Crippen molar-refractivity contribution in [1.29, 1.82) is 0 Å². The molecule has 0 aliphatic heterocycles. The van der Waals surface area contributed by atoms with E-state index in [1.807, 2.05) is 30.3 Å². The second-order valence-corrected chi connectivity index (χ2v) is 4.68. The largest absolute Gasteiger partial charge is 0.385 e. The first-order valence-electron chi connectivity index (χ1n) is 6.89. The zero-order chi connectivity index (χ0) is 14.2. The Labute approximate surface area is 120 Å². The molecule has 20 heavy (non-hydrogen) atoms. The third-order valence-corrected chi connectivity index (χ3v) is 3.17. The molecular weight excluding hydrogens is 248 g/mol. The van der Waals surface area contributed by atoms with Gasteiger partial charge in [0.2, 0.25) is 0 Å². The van der Waals surface area contributed by atoms with Crippen molar-refractivity contribution in [2.75, 3.05) is 18.9 Å². The molecule has 3 heteroatoms. The molecule has 0 saturated heterocycles. The molecule has 3 nitrogen and oxygen atoms in total. The standard InChI is InChI=1S/C17H20N2O/c1-18-17(20)15-10-5-11-16(13-15)19-12-6-9-14-7-3-2-4-8-14/h2-5,7-8,10-11,13,19H,6,9,12H2,1H3,(H,18,20). The van der Waals surface area contributed by atoms with E-state index in [4.69, 9.17) is 0 Å². The number of carbonyl (C=O) groups is 1. The second kappa shape index (κ2) is 7.34. The maximum absolute atomic E-state index is 11.5. The van der Waals surface area contributed by atoms with Gasteiger partial charge in [-0.3, -0.25) is 4.79 Å². The Kier molecular flexibility index (Phi) is 5.18. The molecule has 2 aromatic rings. The summed E-state index contributed by atoms with van der Waals surface area (Å²) in [5.74, 6) is -0.0575. The van der Waals surface area contributed by atoms with Gasteiger partial charge in [0.15, 0.2) is 0 Å². The van der Waals surface area contributed by atoms with Gasteiger partial charge in [0.25, 0.3) is 5.91 Å². The van der Waals surface area contributed by atoms with Gasteiger partial charge in [-0.05, 0) is 36.6 Å². The molecule has 104 valence electrons. The number of nitrogens with one attached hydrogen (secondary N) is 2. The third kappa shape index (κ3) is 4.12. The van der Waals surface area contributed by atoms with E-state index in [0.29, 0.717) is 5.56 Å². The first kappa shape index (κ1) is 14.1. The van der Waals surface area contributed by atoms with Crippen molar-refractivity contribution >= 4 is 11.6 Å². The quantitative estimate of drug-likeness (QED) is 0.790. The summed E-state index contributed by atoms with van der Waals surface area (Å²) in [6.07, 6.45) is 2.12. The van der Waals surface area contributed by atoms with Crippen molar-refractivity contribution in [3.05, 3.63) is 65.7 Å². The van der Waals surface area contributed by atoms with Gasteiger partial charge in [0.05, 0.1) is 0 Å². The van der Waals surface area contributed by atoms with Crippen LogP contribution >= 0.6 is 0 Å². The van der Waals surface area contributed by atoms with Gasteiger partial charge in [-0.2, -0.15) is 0 Å². The Morgan fingerprint density at radius 2 is 1.85 bits per heavy atom. The Balaban J connectivity index is 1.81. The monoisotopic (exact) mass is 268 g/mol. The molecule has 0 aromatic heterocycles. The zero-order valence-corrected chi connectivity index (χ0v) is 11.7. The minimum absolute atomic E-state index is 0.0575. The second-order valence-electron chi connectivity index (χ2n) is 4.68. The highest BCUT2D eigenvalue weighted by molar-refractivity contribution is 5.94. The molecule has 0 aliphatic rings. The van der Waals surface area contributed by atoms with Crippen LogP contribution in [0, 0.1) is 0 Å². The van der Waals surface area contributed by atoms with E-state index in [9.17, 15) is 4.79 Å². The van der Waals surface area contributed by atoms with E-state index in [2.05, 4.69) is 34.9 Å². The lowest BCUT2D eigenvalue weighted by Crippen LogP contribution is -2.17. The highest BCUT2D eigenvalue weighted by atomic mass is 16.1. The molecule has 2 N–H and O–H groups in total. The fraction of sp³-hybridized carbons (Fsp3) is 0.235. The topological polar surface area (TPSA) is 41.1 Å². The first-order chi connectivity index (χ1) is 9.79. The van der Waals surface area contributed by atoms with Crippen LogP contribution in [0.4, 0.5) is 5.69 Å². The van der Waals surface area contributed by atoms with Gasteiger partial charge >= 0.3 is 0 Å². The number of hydrogen-bond donors (Lipinski definition) is 2. The summed E-state index contributed by atoms with van der Waals surface area (Å²) in [6, 6.07) is 18.0. The molecule has 2 rings (SSSR count). The number of carbonyl (C=O) groups excluding carboxylic acids is 1. The fourth-order valence-electron chi connectivity index (χ4n) is 2.08. The molecule has 0 bridgehead atoms. The summed E-state index contributed by atoms with van der Waals surface area (Å²) < 4.78 is 0. The number of amides is 1. The maximum atomic E-state index is 11.5. The van der Waals surface area contributed by atoms with Gasteiger partial charge in [-0.15, -0.1) is 0 Å². The number of rotatable bonds is 6. The molecule has 0 spiro atoms. The van der Waals surface area contributed by atoms with Crippen molar-refractivity contribution in [2.24, 2.45) is 0 Å². The average Bonchev–Trinajstić information content (AvgIpc) is 2.52. The van der Waals surface area contributed by atoms with Crippen LogP contribution in [0.5, 0.6) is 0 Å². The zero-order valence-electron chi connectivity index (χ0n) is 11.7. The van der Waals surface area contributed by atoms with Crippen LogP contribution in [0.1, 0.15) is 22.3 Å². The minimum Gasteiger partial charge on any atom is -0.385 e. The van der Waals surface area contributed by atoms with E-state index in [0.717, 1.165) is 25.1 Å². The van der Waals surface area contributed by atoms with E-state index >= 15 is 0 Å². The van der Waals surface area contributed by atoms with Gasteiger partial charge in [0, 0.05) is 24.8 Å². The van der Waals surface area contributed by atoms with E-state index in [1.165, 1.54) is 5.56 Å². The Morgan fingerprint density at radius 3 is 2.60 bits per heavy atom. The fourth-order valence-corrected chi connectivity index (χ4v) is 2.08. The maximum Gasteiger partial charge on any atom is 0.251 e. The Bertz CT molecular complexity index is 552. The van der Waals surface area contributed by atoms with Crippen molar-refractivity contribution in [1.82, 2.24) is 5.32 Å². The summed E-state index contributed by atoms with van der Waals surface area (Å²) in [6.45, 7) is 0.895. The van der Waals surface area contributed by atoms with E-state index in [-0.39, 0.29) is 5.91 Å². The van der Waals surface area contributed by atoms with Gasteiger partial charge in [0.1, 0.15) is 0 Å². The van der Waals surface area contributed by atoms with Crippen molar-refractivity contribution in [3.63, 3.8) is 0 Å². The lowest BCUT2D eigenvalue weighted by atomic mass is 10.1. The number of benzene rings is 2. The SMILES string of the molecule is CNC(=O)c1cccc(NCCCc2ccccc2)c1. The van der Waals surface area contributed by atoms with E-state index < -0.39 is 0 Å². The van der Waals surface area contributed by atoms with Crippen LogP contribution < -0.4 is 10.6 Å². The molecule has 0 fully saturated rings. The third-order valence-electron chi connectivity index (χ3n) is 3.17. The number of hydrogen-bond acceptors (Lipinski definition) is 2. The summed E-state index contributed by atoms with van der Waals surface area (Å²) in [7, 11) is 1.64.